The molecule has 158 valence electrons. The van der Waals surface area contributed by atoms with Crippen LogP contribution >= 0.6 is 11.8 Å². The number of halogens is 9. The second-order valence-electron chi connectivity index (χ2n) is 5.51. The van der Waals surface area contributed by atoms with E-state index >= 15 is 0 Å². The number of benzene rings is 1. The van der Waals surface area contributed by atoms with Gasteiger partial charge in [-0.25, -0.2) is 4.98 Å². The first-order chi connectivity index (χ1) is 13.2. The van der Waals surface area contributed by atoms with E-state index in [-0.39, 0.29) is 11.1 Å². The molecule has 0 spiro atoms. The molecule has 0 fully saturated rings. The molecule has 1 N–H and O–H groups in total. The van der Waals surface area contributed by atoms with Crippen molar-refractivity contribution in [2.45, 2.75) is 23.6 Å². The van der Waals surface area contributed by atoms with Gasteiger partial charge < -0.3 is 5.32 Å². The second kappa shape index (κ2) is 8.13. The van der Waals surface area contributed by atoms with Crippen molar-refractivity contribution in [1.82, 2.24) is 4.98 Å². The number of carbonyl (C=O) groups is 1. The predicted molar refractivity (Wildman–Crippen MR) is 85.0 cm³/mol. The zero-order valence-electron chi connectivity index (χ0n) is 13.8. The van der Waals surface area contributed by atoms with Crippen LogP contribution in [-0.4, -0.2) is 16.6 Å². The number of nitrogens with zero attached hydrogens (tertiary/aromatic N) is 1. The summed E-state index contributed by atoms with van der Waals surface area (Å²) in [6.07, 6.45) is -14.2. The summed E-state index contributed by atoms with van der Waals surface area (Å²) in [6.45, 7) is 0. The number of anilines is 1. The Morgan fingerprint density at radius 2 is 1.34 bits per heavy atom. The maximum Gasteiger partial charge on any atom is 0.417 e. The zero-order valence-corrected chi connectivity index (χ0v) is 14.7. The van der Waals surface area contributed by atoms with E-state index in [9.17, 15) is 44.3 Å². The van der Waals surface area contributed by atoms with Gasteiger partial charge in [0.1, 0.15) is 0 Å². The summed E-state index contributed by atoms with van der Waals surface area (Å²) in [4.78, 5) is 15.3. The highest BCUT2D eigenvalue weighted by atomic mass is 32.2. The molecule has 0 atom stereocenters. The minimum absolute atomic E-state index is 0.00757. The molecule has 0 bridgehead atoms. The fourth-order valence-corrected chi connectivity index (χ4v) is 2.64. The summed E-state index contributed by atoms with van der Waals surface area (Å²) in [5, 5.41) is 1.91. The van der Waals surface area contributed by atoms with Gasteiger partial charge in [0.25, 0.3) is 0 Å². The number of alkyl halides is 9. The molecule has 1 amide bonds. The van der Waals surface area contributed by atoms with Crippen molar-refractivity contribution in [2.24, 2.45) is 0 Å². The third kappa shape index (κ3) is 6.54. The lowest BCUT2D eigenvalue weighted by molar-refractivity contribution is -0.143. The molecule has 2 rings (SSSR count). The van der Waals surface area contributed by atoms with Crippen LogP contribution < -0.4 is 5.32 Å². The highest BCUT2D eigenvalue weighted by molar-refractivity contribution is 7.99. The summed E-state index contributed by atoms with van der Waals surface area (Å²) < 4.78 is 114. The van der Waals surface area contributed by atoms with Crippen molar-refractivity contribution in [1.29, 1.82) is 0 Å². The molecule has 0 unspecified atom stereocenters. The number of amides is 1. The molecule has 0 aliphatic rings. The number of thioether (sulfide) groups is 1. The molecule has 1 heterocycles. The normalized spacial score (nSPS) is 12.7. The Kier molecular flexibility index (Phi) is 6.40. The summed E-state index contributed by atoms with van der Waals surface area (Å²) in [7, 11) is 0. The minimum Gasteiger partial charge on any atom is -0.325 e. The molecule has 0 aliphatic heterocycles. The SMILES string of the molecule is O=C(CSc1ccc(C(F)(F)F)cn1)Nc1cc(C(F)(F)F)cc(C(F)(F)F)c1. The fraction of sp³-hybridized carbons (Fsp3) is 0.250. The van der Waals surface area contributed by atoms with Gasteiger partial charge in [0, 0.05) is 11.9 Å². The Morgan fingerprint density at radius 3 is 1.76 bits per heavy atom. The van der Waals surface area contributed by atoms with E-state index in [4.69, 9.17) is 0 Å². The Morgan fingerprint density at radius 1 is 0.828 bits per heavy atom. The van der Waals surface area contributed by atoms with E-state index in [1.807, 2.05) is 5.32 Å². The number of carbonyl (C=O) groups excluding carboxylic acids is 1. The first-order valence-electron chi connectivity index (χ1n) is 7.41. The van der Waals surface area contributed by atoms with Crippen LogP contribution in [0.25, 0.3) is 0 Å². The summed E-state index contributed by atoms with van der Waals surface area (Å²) >= 11 is 0.652. The van der Waals surface area contributed by atoms with Crippen molar-refractivity contribution < 1.29 is 44.3 Å². The maximum atomic E-state index is 12.8. The average Bonchev–Trinajstić information content (AvgIpc) is 2.58. The fourth-order valence-electron chi connectivity index (χ4n) is 2.00. The van der Waals surface area contributed by atoms with Gasteiger partial charge in [0.2, 0.25) is 5.91 Å². The summed E-state index contributed by atoms with van der Waals surface area (Å²) in [5.41, 5.74) is -4.94. The van der Waals surface area contributed by atoms with Crippen molar-refractivity contribution in [3.8, 4) is 0 Å². The maximum absolute atomic E-state index is 12.8. The lowest BCUT2D eigenvalue weighted by Gasteiger charge is -2.14. The average molecular weight is 448 g/mol. The summed E-state index contributed by atoms with van der Waals surface area (Å²) in [6, 6.07) is 2.29. The molecule has 1 aromatic heterocycles. The molecular weight excluding hydrogens is 439 g/mol. The van der Waals surface area contributed by atoms with Crippen molar-refractivity contribution in [3.05, 3.63) is 53.2 Å². The van der Waals surface area contributed by atoms with Crippen LogP contribution in [0.15, 0.2) is 41.6 Å². The molecule has 0 radical (unpaired) electrons. The monoisotopic (exact) mass is 448 g/mol. The Bertz CT molecular complexity index is 842. The van der Waals surface area contributed by atoms with Crippen molar-refractivity contribution in [3.63, 3.8) is 0 Å². The Balaban J connectivity index is 2.10. The second-order valence-corrected chi connectivity index (χ2v) is 6.51. The van der Waals surface area contributed by atoms with Gasteiger partial charge in [0.15, 0.2) is 0 Å². The van der Waals surface area contributed by atoms with Crippen LogP contribution in [0, 0.1) is 0 Å². The molecule has 0 saturated carbocycles. The van der Waals surface area contributed by atoms with Crippen LogP contribution in [0.2, 0.25) is 0 Å². The van der Waals surface area contributed by atoms with Gasteiger partial charge in [-0.2, -0.15) is 39.5 Å². The third-order valence-corrected chi connectivity index (χ3v) is 4.23. The number of aromatic nitrogens is 1. The van der Waals surface area contributed by atoms with E-state index in [2.05, 4.69) is 4.98 Å². The minimum atomic E-state index is -5.07. The van der Waals surface area contributed by atoms with E-state index in [0.29, 0.717) is 30.1 Å². The van der Waals surface area contributed by atoms with Crippen LogP contribution in [0.5, 0.6) is 0 Å². The molecule has 0 saturated heterocycles. The van der Waals surface area contributed by atoms with Crippen LogP contribution in [0.4, 0.5) is 45.2 Å². The Labute approximate surface area is 161 Å². The predicted octanol–water partition coefficient (Wildman–Crippen LogP) is 5.87. The number of nitrogens with one attached hydrogen (secondary N) is 1. The van der Waals surface area contributed by atoms with Gasteiger partial charge in [-0.15, -0.1) is 0 Å². The van der Waals surface area contributed by atoms with Crippen LogP contribution in [0.1, 0.15) is 16.7 Å². The van der Waals surface area contributed by atoms with Gasteiger partial charge in [-0.3, -0.25) is 4.79 Å². The molecule has 1 aromatic carbocycles. The molecule has 3 nitrogen and oxygen atoms in total. The standard InChI is InChI=1S/C16H9F9N2OS/c17-14(18,19)8-1-2-13(26-6-8)29-7-12(28)27-11-4-9(15(20,21)22)3-10(5-11)16(23,24)25/h1-6H,7H2,(H,27,28). The Hall–Kier alpha value is -2.44. The van der Waals surface area contributed by atoms with E-state index < -0.39 is 52.6 Å². The van der Waals surface area contributed by atoms with Gasteiger partial charge in [-0.05, 0) is 30.3 Å². The third-order valence-electron chi connectivity index (χ3n) is 3.29. The summed E-state index contributed by atoms with van der Waals surface area (Å²) in [5.74, 6) is -1.47. The first kappa shape index (κ1) is 22.8. The lowest BCUT2D eigenvalue weighted by atomic mass is 10.1. The smallest absolute Gasteiger partial charge is 0.325 e. The molecule has 29 heavy (non-hydrogen) atoms. The number of pyridine rings is 1. The molecule has 13 heteroatoms. The van der Waals surface area contributed by atoms with Gasteiger partial charge in [-0.1, -0.05) is 11.8 Å². The highest BCUT2D eigenvalue weighted by Gasteiger charge is 2.37. The zero-order chi connectivity index (χ0) is 22.0. The van der Waals surface area contributed by atoms with E-state index in [0.717, 1.165) is 12.1 Å². The highest BCUT2D eigenvalue weighted by Crippen LogP contribution is 2.37. The van der Waals surface area contributed by atoms with E-state index in [1.165, 1.54) is 0 Å². The lowest BCUT2D eigenvalue weighted by Crippen LogP contribution is -2.17. The van der Waals surface area contributed by atoms with Crippen LogP contribution in [0.3, 0.4) is 0 Å². The van der Waals surface area contributed by atoms with Gasteiger partial charge in [0.05, 0.1) is 27.5 Å². The molecule has 2 aromatic rings. The quantitative estimate of drug-likeness (QED) is 0.470. The van der Waals surface area contributed by atoms with Crippen LogP contribution in [-0.2, 0) is 23.3 Å². The van der Waals surface area contributed by atoms with E-state index in [1.54, 1.807) is 0 Å². The topological polar surface area (TPSA) is 42.0 Å². The number of hydrogen-bond donors (Lipinski definition) is 1. The molecule has 0 aliphatic carbocycles. The number of rotatable bonds is 4. The van der Waals surface area contributed by atoms with Gasteiger partial charge >= 0.3 is 18.5 Å². The van der Waals surface area contributed by atoms with Crippen molar-refractivity contribution >= 4 is 23.4 Å². The number of hydrogen-bond acceptors (Lipinski definition) is 3. The first-order valence-corrected chi connectivity index (χ1v) is 8.40. The molecular formula is C16H9F9N2OS. The van der Waals surface area contributed by atoms with Crippen molar-refractivity contribution in [2.75, 3.05) is 11.1 Å². The largest absolute Gasteiger partial charge is 0.417 e.